The largest absolute Gasteiger partial charge is 0.316 e. The van der Waals surface area contributed by atoms with Gasteiger partial charge in [-0.15, -0.1) is 0 Å². The summed E-state index contributed by atoms with van der Waals surface area (Å²) in [6.07, 6.45) is 3.63. The van der Waals surface area contributed by atoms with Crippen molar-refractivity contribution in [2.45, 2.75) is 48.8 Å². The lowest BCUT2D eigenvalue weighted by atomic mass is 9.84. The third-order valence-corrected chi connectivity index (χ3v) is 6.64. The van der Waals surface area contributed by atoms with Gasteiger partial charge < -0.3 is 5.32 Å². The minimum Gasteiger partial charge on any atom is -0.316 e. The molecule has 1 aromatic carbocycles. The van der Waals surface area contributed by atoms with Gasteiger partial charge in [0.15, 0.2) is 9.84 Å². The first-order chi connectivity index (χ1) is 9.48. The van der Waals surface area contributed by atoms with Crippen molar-refractivity contribution in [2.75, 3.05) is 7.05 Å². The van der Waals surface area contributed by atoms with Gasteiger partial charge in [0.2, 0.25) is 0 Å². The summed E-state index contributed by atoms with van der Waals surface area (Å²) in [5.41, 5.74) is 0. The van der Waals surface area contributed by atoms with Gasteiger partial charge in [-0.25, -0.2) is 12.8 Å². The second-order valence-electron chi connectivity index (χ2n) is 5.52. The molecule has 0 saturated heterocycles. The van der Waals surface area contributed by atoms with E-state index in [-0.39, 0.29) is 10.9 Å². The Bertz CT molecular complexity index is 541. The Kier molecular flexibility index (Phi) is 4.81. The van der Waals surface area contributed by atoms with E-state index < -0.39 is 20.9 Å². The van der Waals surface area contributed by atoms with Crippen LogP contribution in [0.5, 0.6) is 0 Å². The number of rotatable bonds is 4. The maximum atomic E-state index is 13.0. The monoisotopic (exact) mass is 299 g/mol. The molecule has 2 rings (SSSR count). The minimum atomic E-state index is -3.41. The molecule has 1 aliphatic carbocycles. The van der Waals surface area contributed by atoms with E-state index in [1.807, 2.05) is 7.05 Å². The van der Waals surface area contributed by atoms with E-state index in [1.165, 1.54) is 24.3 Å². The Morgan fingerprint density at radius 1 is 1.25 bits per heavy atom. The number of sulfone groups is 1. The predicted octanol–water partition coefficient (Wildman–Crippen LogP) is 2.77. The Hall–Kier alpha value is -0.940. The van der Waals surface area contributed by atoms with Crippen LogP contribution in [0.4, 0.5) is 4.39 Å². The topological polar surface area (TPSA) is 46.2 Å². The molecular formula is C15H22FNO2S. The Morgan fingerprint density at radius 3 is 2.45 bits per heavy atom. The maximum absolute atomic E-state index is 13.0. The second kappa shape index (κ2) is 6.22. The zero-order chi connectivity index (χ0) is 14.8. The molecule has 112 valence electrons. The Balaban J connectivity index is 2.32. The average molecular weight is 299 g/mol. The second-order valence-corrected chi connectivity index (χ2v) is 7.69. The normalized spacial score (nSPS) is 27.4. The molecule has 0 aliphatic heterocycles. The molecule has 1 aromatic rings. The number of hydrogen-bond acceptors (Lipinski definition) is 3. The summed E-state index contributed by atoms with van der Waals surface area (Å²) in [6, 6.07) is 5.13. The Labute approximate surface area is 120 Å². The zero-order valence-electron chi connectivity index (χ0n) is 12.0. The molecule has 3 atom stereocenters. The van der Waals surface area contributed by atoms with Crippen molar-refractivity contribution in [2.24, 2.45) is 5.92 Å². The molecular weight excluding hydrogens is 277 g/mol. The summed E-state index contributed by atoms with van der Waals surface area (Å²) in [5, 5.41) is 2.71. The average Bonchev–Trinajstić information content (AvgIpc) is 2.47. The van der Waals surface area contributed by atoms with Gasteiger partial charge in [-0.2, -0.15) is 0 Å². The van der Waals surface area contributed by atoms with Crippen molar-refractivity contribution in [3.63, 3.8) is 0 Å². The van der Waals surface area contributed by atoms with E-state index in [0.29, 0.717) is 12.3 Å². The fourth-order valence-corrected chi connectivity index (χ4v) is 5.15. The lowest BCUT2D eigenvalue weighted by molar-refractivity contribution is 0.296. The zero-order valence-corrected chi connectivity index (χ0v) is 12.8. The number of benzene rings is 1. The van der Waals surface area contributed by atoms with Crippen LogP contribution in [0.1, 0.15) is 32.6 Å². The Morgan fingerprint density at radius 2 is 1.90 bits per heavy atom. The van der Waals surface area contributed by atoms with Gasteiger partial charge in [-0.05, 0) is 56.5 Å². The number of hydrogen-bond donors (Lipinski definition) is 1. The van der Waals surface area contributed by atoms with E-state index >= 15 is 0 Å². The van der Waals surface area contributed by atoms with Crippen molar-refractivity contribution in [1.82, 2.24) is 5.32 Å². The van der Waals surface area contributed by atoms with Gasteiger partial charge >= 0.3 is 0 Å². The van der Waals surface area contributed by atoms with Crippen molar-refractivity contribution in [1.29, 1.82) is 0 Å². The first-order valence-electron chi connectivity index (χ1n) is 7.15. The molecule has 1 fully saturated rings. The van der Waals surface area contributed by atoms with E-state index in [2.05, 4.69) is 12.2 Å². The molecule has 3 nitrogen and oxygen atoms in total. The van der Waals surface area contributed by atoms with Gasteiger partial charge in [-0.1, -0.05) is 13.3 Å². The fraction of sp³-hybridized carbons (Fsp3) is 0.600. The van der Waals surface area contributed by atoms with Crippen LogP contribution in [0.15, 0.2) is 29.2 Å². The van der Waals surface area contributed by atoms with Gasteiger partial charge in [0.25, 0.3) is 0 Å². The molecule has 1 saturated carbocycles. The summed E-state index contributed by atoms with van der Waals surface area (Å²) in [4.78, 5) is 0.223. The highest BCUT2D eigenvalue weighted by Crippen LogP contribution is 2.33. The van der Waals surface area contributed by atoms with Crippen molar-refractivity contribution >= 4 is 9.84 Å². The highest BCUT2D eigenvalue weighted by atomic mass is 32.2. The van der Waals surface area contributed by atoms with E-state index in [9.17, 15) is 12.8 Å². The number of nitrogens with one attached hydrogen (secondary N) is 1. The molecule has 5 heteroatoms. The van der Waals surface area contributed by atoms with Crippen LogP contribution in [-0.4, -0.2) is 26.8 Å². The molecule has 1 N–H and O–H groups in total. The summed E-state index contributed by atoms with van der Waals surface area (Å²) in [7, 11) is -1.60. The summed E-state index contributed by atoms with van der Waals surface area (Å²) < 4.78 is 38.5. The molecule has 0 spiro atoms. The van der Waals surface area contributed by atoms with Crippen LogP contribution in [0.2, 0.25) is 0 Å². The molecule has 20 heavy (non-hydrogen) atoms. The van der Waals surface area contributed by atoms with Gasteiger partial charge in [0.1, 0.15) is 5.82 Å². The first kappa shape index (κ1) is 15.4. The molecule has 0 amide bonds. The smallest absolute Gasteiger partial charge is 0.182 e. The van der Waals surface area contributed by atoms with Gasteiger partial charge in [0.05, 0.1) is 10.1 Å². The highest BCUT2D eigenvalue weighted by Gasteiger charge is 2.38. The van der Waals surface area contributed by atoms with Crippen molar-refractivity contribution in [3.05, 3.63) is 30.1 Å². The first-order valence-corrected chi connectivity index (χ1v) is 8.70. The van der Waals surface area contributed by atoms with Crippen LogP contribution in [0.25, 0.3) is 0 Å². The van der Waals surface area contributed by atoms with E-state index in [0.717, 1.165) is 19.3 Å². The van der Waals surface area contributed by atoms with Gasteiger partial charge in [-0.3, -0.25) is 0 Å². The lowest BCUT2D eigenvalue weighted by Crippen LogP contribution is -2.46. The number of halogens is 1. The maximum Gasteiger partial charge on any atom is 0.182 e. The van der Waals surface area contributed by atoms with Crippen LogP contribution in [0.3, 0.4) is 0 Å². The van der Waals surface area contributed by atoms with Crippen LogP contribution in [-0.2, 0) is 9.84 Å². The van der Waals surface area contributed by atoms with E-state index in [4.69, 9.17) is 0 Å². The molecule has 0 heterocycles. The standard InChI is InChI=1S/C15H22FNO2S/c1-3-11-4-9-14(17-2)15(10-11)20(18,19)13-7-5-12(16)6-8-13/h5-8,11,14-15,17H,3-4,9-10H2,1-2H3. The third-order valence-electron chi connectivity index (χ3n) is 4.39. The van der Waals surface area contributed by atoms with Crippen LogP contribution >= 0.6 is 0 Å². The lowest BCUT2D eigenvalue weighted by Gasteiger charge is -2.35. The summed E-state index contributed by atoms with van der Waals surface area (Å²) in [6.45, 7) is 2.10. The van der Waals surface area contributed by atoms with Gasteiger partial charge in [0, 0.05) is 6.04 Å². The third kappa shape index (κ3) is 3.04. The predicted molar refractivity (Wildman–Crippen MR) is 77.9 cm³/mol. The molecule has 1 aliphatic rings. The summed E-state index contributed by atoms with van der Waals surface area (Å²) in [5.74, 6) is 0.0454. The van der Waals surface area contributed by atoms with E-state index in [1.54, 1.807) is 0 Å². The highest BCUT2D eigenvalue weighted by molar-refractivity contribution is 7.92. The van der Waals surface area contributed by atoms with Crippen LogP contribution < -0.4 is 5.32 Å². The van der Waals surface area contributed by atoms with Crippen molar-refractivity contribution in [3.8, 4) is 0 Å². The molecule has 3 unspecified atom stereocenters. The molecule has 0 radical (unpaired) electrons. The quantitative estimate of drug-likeness (QED) is 0.870. The molecule has 0 bridgehead atoms. The fourth-order valence-electron chi connectivity index (χ4n) is 3.05. The molecule has 0 aromatic heterocycles. The summed E-state index contributed by atoms with van der Waals surface area (Å²) >= 11 is 0. The van der Waals surface area contributed by atoms with Crippen LogP contribution in [0, 0.1) is 11.7 Å². The minimum absolute atomic E-state index is 0.0205. The SMILES string of the molecule is CCC1CCC(NC)C(S(=O)(=O)c2ccc(F)cc2)C1. The van der Waals surface area contributed by atoms with Crippen molar-refractivity contribution < 1.29 is 12.8 Å².